The minimum Gasteiger partial charge on any atom is -0.388 e. The Morgan fingerprint density at radius 3 is 2.43 bits per heavy atom. The van der Waals surface area contributed by atoms with Gasteiger partial charge in [0, 0.05) is 38.5 Å². The quantitative estimate of drug-likeness (QED) is 0.201. The van der Waals surface area contributed by atoms with E-state index in [1.165, 1.54) is 18.5 Å². The van der Waals surface area contributed by atoms with Crippen molar-refractivity contribution in [2.75, 3.05) is 6.54 Å². The van der Waals surface area contributed by atoms with Crippen molar-refractivity contribution in [2.45, 2.75) is 37.1 Å². The number of nitrogens with zero attached hydrogens (tertiary/aromatic N) is 4. The first kappa shape index (κ1) is 27.9. The lowest BCUT2D eigenvalue weighted by Crippen LogP contribution is -2.56. The summed E-state index contributed by atoms with van der Waals surface area (Å²) in [6, 6.07) is 14.2. The summed E-state index contributed by atoms with van der Waals surface area (Å²) in [5.41, 5.74) is -1.39. The molecule has 0 saturated heterocycles. The van der Waals surface area contributed by atoms with Gasteiger partial charge in [0.1, 0.15) is 18.0 Å². The largest absolute Gasteiger partial charge is 0.418 e. The molecule has 6 rings (SSSR count). The van der Waals surface area contributed by atoms with Gasteiger partial charge in [0.15, 0.2) is 5.82 Å². The van der Waals surface area contributed by atoms with Gasteiger partial charge >= 0.3 is 6.18 Å². The van der Waals surface area contributed by atoms with Crippen LogP contribution < -0.4 is 5.32 Å². The molecule has 0 aliphatic heterocycles. The number of fused-ring (bicyclic) bond motifs is 1. The minimum atomic E-state index is -4.79. The zero-order valence-electron chi connectivity index (χ0n) is 22.1. The summed E-state index contributed by atoms with van der Waals surface area (Å²) in [6.07, 6.45) is -4.79. The summed E-state index contributed by atoms with van der Waals surface area (Å²) in [4.78, 5) is 7.08. The van der Waals surface area contributed by atoms with Crippen molar-refractivity contribution in [1.29, 1.82) is 0 Å². The fourth-order valence-electron chi connectivity index (χ4n) is 5.50. The number of hydrogen-bond acceptors (Lipinski definition) is 5. The van der Waals surface area contributed by atoms with E-state index in [4.69, 9.17) is 0 Å². The van der Waals surface area contributed by atoms with Gasteiger partial charge in [-0.2, -0.15) is 13.2 Å². The highest BCUT2D eigenvalue weighted by Gasteiger charge is 2.55. The molecule has 0 amide bonds. The lowest BCUT2D eigenvalue weighted by atomic mass is 9.76. The molecule has 7 nitrogen and oxygen atoms in total. The molecule has 0 radical (unpaired) electrons. The second-order valence-electron chi connectivity index (χ2n) is 10.6. The second-order valence-corrected chi connectivity index (χ2v) is 10.6. The van der Waals surface area contributed by atoms with Gasteiger partial charge < -0.3 is 20.0 Å². The van der Waals surface area contributed by atoms with E-state index in [2.05, 4.69) is 25.5 Å². The lowest BCUT2D eigenvalue weighted by Gasteiger charge is -2.43. The molecule has 0 spiro atoms. The molecular weight excluding hydrogens is 562 g/mol. The van der Waals surface area contributed by atoms with Crippen molar-refractivity contribution in [3.05, 3.63) is 77.9 Å². The van der Waals surface area contributed by atoms with E-state index in [0.29, 0.717) is 11.1 Å². The molecule has 1 aliphatic rings. The maximum absolute atomic E-state index is 15.6. The Hall–Kier alpha value is -4.23. The van der Waals surface area contributed by atoms with E-state index in [0.717, 1.165) is 11.6 Å². The van der Waals surface area contributed by atoms with Crippen molar-refractivity contribution < 1.29 is 31.4 Å². The summed E-state index contributed by atoms with van der Waals surface area (Å²) >= 11 is 0. The summed E-state index contributed by atoms with van der Waals surface area (Å²) < 4.78 is 86.3. The van der Waals surface area contributed by atoms with Crippen LogP contribution in [-0.4, -0.2) is 47.9 Å². The van der Waals surface area contributed by atoms with E-state index in [9.17, 15) is 27.1 Å². The van der Waals surface area contributed by atoms with Gasteiger partial charge in [-0.25, -0.2) is 18.2 Å². The topological polar surface area (TPSA) is 91.7 Å². The fraction of sp³-hybridized carbons (Fsp3) is 0.276. The van der Waals surface area contributed by atoms with Crippen molar-refractivity contribution in [3.63, 3.8) is 0 Å². The molecule has 3 aromatic carbocycles. The Morgan fingerprint density at radius 2 is 1.79 bits per heavy atom. The van der Waals surface area contributed by atoms with Crippen LogP contribution in [0, 0.1) is 5.82 Å². The standard InChI is InChI=1S/C29H24F6N6O/c1-41-15-37-40-26(41)22-18(17-5-3-2-4-6-17)7-8-20(30)23(22)25-38-21-10-16(9-19(24(21)39-25)29(33,34)35)11-36-14-27(42)12-28(31,32)13-27/h2-10,15,36,42H,11-14H2,1H3,(H,38,39). The number of aromatic amines is 1. The lowest BCUT2D eigenvalue weighted by molar-refractivity contribution is -0.202. The van der Waals surface area contributed by atoms with Gasteiger partial charge in [-0.3, -0.25) is 0 Å². The molecule has 3 N–H and O–H groups in total. The van der Waals surface area contributed by atoms with Crippen LogP contribution >= 0.6 is 0 Å². The molecule has 1 fully saturated rings. The number of alkyl halides is 5. The average molecular weight is 587 g/mol. The number of rotatable bonds is 7. The van der Waals surface area contributed by atoms with Gasteiger partial charge in [-0.05, 0) is 34.9 Å². The van der Waals surface area contributed by atoms with Gasteiger partial charge in [0.05, 0.1) is 27.8 Å². The summed E-state index contributed by atoms with van der Waals surface area (Å²) in [7, 11) is 1.67. The van der Waals surface area contributed by atoms with E-state index in [1.807, 2.05) is 18.2 Å². The number of aromatic nitrogens is 5. The van der Waals surface area contributed by atoms with Crippen molar-refractivity contribution in [2.24, 2.45) is 7.05 Å². The number of halogens is 6. The molecule has 13 heteroatoms. The molecule has 5 aromatic rings. The minimum absolute atomic E-state index is 0.0704. The second kappa shape index (κ2) is 9.95. The van der Waals surface area contributed by atoms with Gasteiger partial charge in [-0.15, -0.1) is 10.2 Å². The first-order valence-corrected chi connectivity index (χ1v) is 13.0. The fourth-order valence-corrected chi connectivity index (χ4v) is 5.50. The SMILES string of the molecule is Cn1cnnc1-c1c(-c2ccccc2)ccc(F)c1-c1nc2cc(CNCC3(O)CC(F)(F)C3)cc(C(F)(F)F)c2[nH]1. The summed E-state index contributed by atoms with van der Waals surface area (Å²) in [5.74, 6) is -3.54. The van der Waals surface area contributed by atoms with Gasteiger partial charge in [0.2, 0.25) is 0 Å². The Morgan fingerprint density at radius 1 is 1.05 bits per heavy atom. The highest BCUT2D eigenvalue weighted by molar-refractivity contribution is 5.93. The van der Waals surface area contributed by atoms with Crippen LogP contribution in [0.3, 0.4) is 0 Å². The molecule has 1 aliphatic carbocycles. The third kappa shape index (κ3) is 5.13. The Kier molecular flexibility index (Phi) is 6.61. The Balaban J connectivity index is 1.46. The molecule has 218 valence electrons. The Bertz CT molecular complexity index is 1770. The smallest absolute Gasteiger partial charge is 0.388 e. The van der Waals surface area contributed by atoms with Gasteiger partial charge in [0.25, 0.3) is 5.92 Å². The van der Waals surface area contributed by atoms with Crippen molar-refractivity contribution in [3.8, 4) is 33.9 Å². The Labute approximate surface area is 235 Å². The monoisotopic (exact) mass is 586 g/mol. The summed E-state index contributed by atoms with van der Waals surface area (Å²) in [6.45, 7) is -0.358. The zero-order chi connectivity index (χ0) is 29.9. The molecule has 1 saturated carbocycles. The molecule has 0 atom stereocenters. The molecule has 42 heavy (non-hydrogen) atoms. The van der Waals surface area contributed by atoms with Crippen LogP contribution in [0.5, 0.6) is 0 Å². The zero-order valence-corrected chi connectivity index (χ0v) is 22.1. The number of imidazole rings is 1. The number of hydrogen-bond donors (Lipinski definition) is 3. The van der Waals surface area contributed by atoms with Crippen LogP contribution in [0.15, 0.2) is 60.9 Å². The average Bonchev–Trinajstić information content (AvgIpc) is 3.52. The maximum Gasteiger partial charge on any atom is 0.418 e. The molecule has 0 unspecified atom stereocenters. The summed E-state index contributed by atoms with van der Waals surface area (Å²) in [5, 5.41) is 21.0. The normalized spacial score (nSPS) is 16.1. The predicted molar refractivity (Wildman–Crippen MR) is 143 cm³/mol. The van der Waals surface area contributed by atoms with E-state index >= 15 is 4.39 Å². The molecule has 0 bridgehead atoms. The third-order valence-corrected chi connectivity index (χ3v) is 7.33. The van der Waals surface area contributed by atoms with Crippen LogP contribution in [0.1, 0.15) is 24.0 Å². The number of benzene rings is 3. The van der Waals surface area contributed by atoms with E-state index in [-0.39, 0.29) is 46.9 Å². The number of nitrogens with one attached hydrogen (secondary N) is 2. The molecule has 2 heterocycles. The van der Waals surface area contributed by atoms with Crippen LogP contribution in [0.2, 0.25) is 0 Å². The van der Waals surface area contributed by atoms with E-state index < -0.39 is 41.9 Å². The number of aliphatic hydroxyl groups is 1. The maximum atomic E-state index is 15.6. The van der Waals surface area contributed by atoms with Crippen molar-refractivity contribution in [1.82, 2.24) is 30.0 Å². The highest BCUT2D eigenvalue weighted by Crippen LogP contribution is 2.45. The number of aryl methyl sites for hydroxylation is 1. The predicted octanol–water partition coefficient (Wildman–Crippen LogP) is 6.10. The first-order chi connectivity index (χ1) is 19.8. The van der Waals surface area contributed by atoms with Crippen LogP contribution in [-0.2, 0) is 19.8 Å². The molecular formula is C29H24F6N6O. The van der Waals surface area contributed by atoms with Crippen LogP contribution in [0.4, 0.5) is 26.3 Å². The van der Waals surface area contributed by atoms with Gasteiger partial charge in [-0.1, -0.05) is 36.4 Å². The van der Waals surface area contributed by atoms with E-state index in [1.54, 1.807) is 29.8 Å². The highest BCUT2D eigenvalue weighted by atomic mass is 19.4. The van der Waals surface area contributed by atoms with Crippen LogP contribution in [0.25, 0.3) is 44.9 Å². The van der Waals surface area contributed by atoms with Crippen molar-refractivity contribution >= 4 is 11.0 Å². The first-order valence-electron chi connectivity index (χ1n) is 13.0. The molecule has 2 aromatic heterocycles. The number of H-pyrrole nitrogens is 1. The third-order valence-electron chi connectivity index (χ3n) is 7.33.